The van der Waals surface area contributed by atoms with Gasteiger partial charge in [-0.1, -0.05) is 6.92 Å². The van der Waals surface area contributed by atoms with E-state index in [1.54, 1.807) is 6.92 Å². The maximum absolute atomic E-state index is 12.2. The third-order valence-corrected chi connectivity index (χ3v) is 4.61. The van der Waals surface area contributed by atoms with Crippen LogP contribution in [0.1, 0.15) is 47.0 Å². The lowest BCUT2D eigenvalue weighted by molar-refractivity contribution is -0.139. The van der Waals surface area contributed by atoms with Crippen LogP contribution in [0.2, 0.25) is 0 Å². The molecule has 0 unspecified atom stereocenters. The Hall–Kier alpha value is -1.63. The third-order valence-electron chi connectivity index (χ3n) is 4.61. The van der Waals surface area contributed by atoms with E-state index in [1.165, 1.54) is 0 Å². The molecule has 4 amide bonds. The molecule has 118 valence electrons. The lowest BCUT2D eigenvalue weighted by Crippen LogP contribution is -2.52. The average molecular weight is 296 g/mol. The highest BCUT2D eigenvalue weighted by atomic mass is 16.2. The normalized spacial score (nSPS) is 28.9. The minimum absolute atomic E-state index is 0.0213. The van der Waals surface area contributed by atoms with E-state index in [0.29, 0.717) is 6.42 Å². The standard InChI is InChI=1S/C14H24N4O3/c1-5-14(4)11(20)18(12(21)15-14)16-10(19)9-17-8-6-7-13(17,2)3/h5-9H2,1-4H3,(H,15,21)(H,16,19)/t14-/m1/s1. The number of nitrogens with one attached hydrogen (secondary N) is 2. The Bertz CT molecular complexity index is 477. The molecule has 2 rings (SSSR count). The highest BCUT2D eigenvalue weighted by molar-refractivity contribution is 6.07. The van der Waals surface area contributed by atoms with Crippen molar-refractivity contribution in [3.8, 4) is 0 Å². The van der Waals surface area contributed by atoms with Gasteiger partial charge >= 0.3 is 6.03 Å². The highest BCUT2D eigenvalue weighted by Gasteiger charge is 2.47. The number of carbonyl (C=O) groups is 3. The first-order chi connectivity index (χ1) is 9.69. The minimum Gasteiger partial charge on any atom is -0.322 e. The van der Waals surface area contributed by atoms with Crippen molar-refractivity contribution in [2.45, 2.75) is 58.0 Å². The van der Waals surface area contributed by atoms with Gasteiger partial charge in [-0.25, -0.2) is 4.79 Å². The van der Waals surface area contributed by atoms with Crippen LogP contribution in [0.5, 0.6) is 0 Å². The van der Waals surface area contributed by atoms with Crippen LogP contribution in [-0.2, 0) is 9.59 Å². The molecule has 0 aromatic rings. The number of likely N-dealkylation sites (tertiary alicyclic amines) is 1. The number of nitrogens with zero attached hydrogens (tertiary/aromatic N) is 2. The van der Waals surface area contributed by atoms with Gasteiger partial charge in [0.2, 0.25) is 0 Å². The molecular weight excluding hydrogens is 272 g/mol. The number of carbonyl (C=O) groups excluding carboxylic acids is 3. The SMILES string of the molecule is CC[C@@]1(C)NC(=O)N(NC(=O)CN2CCCC2(C)C)C1=O. The second kappa shape index (κ2) is 5.29. The molecule has 7 heteroatoms. The van der Waals surface area contributed by atoms with Crippen molar-refractivity contribution >= 4 is 17.8 Å². The summed E-state index contributed by atoms with van der Waals surface area (Å²) in [6.45, 7) is 8.70. The molecule has 0 aliphatic carbocycles. The molecule has 2 N–H and O–H groups in total. The van der Waals surface area contributed by atoms with Gasteiger partial charge in [-0.2, -0.15) is 5.01 Å². The zero-order valence-electron chi connectivity index (χ0n) is 13.2. The molecule has 0 bridgehead atoms. The number of urea groups is 1. The molecule has 7 nitrogen and oxygen atoms in total. The van der Waals surface area contributed by atoms with E-state index in [4.69, 9.17) is 0 Å². The molecule has 0 radical (unpaired) electrons. The van der Waals surface area contributed by atoms with Crippen LogP contribution in [0.25, 0.3) is 0 Å². The molecule has 2 fully saturated rings. The van der Waals surface area contributed by atoms with E-state index in [0.717, 1.165) is 24.4 Å². The van der Waals surface area contributed by atoms with Crippen molar-refractivity contribution in [1.29, 1.82) is 0 Å². The summed E-state index contributed by atoms with van der Waals surface area (Å²) in [6.07, 6.45) is 2.57. The zero-order valence-corrected chi connectivity index (χ0v) is 13.2. The molecule has 0 saturated carbocycles. The number of hydrogen-bond donors (Lipinski definition) is 2. The van der Waals surface area contributed by atoms with Gasteiger partial charge in [-0.05, 0) is 46.6 Å². The van der Waals surface area contributed by atoms with Gasteiger partial charge in [0, 0.05) is 5.54 Å². The largest absolute Gasteiger partial charge is 0.344 e. The van der Waals surface area contributed by atoms with E-state index < -0.39 is 17.5 Å². The van der Waals surface area contributed by atoms with Gasteiger partial charge in [-0.3, -0.25) is 19.9 Å². The topological polar surface area (TPSA) is 81.8 Å². The monoisotopic (exact) mass is 296 g/mol. The third kappa shape index (κ3) is 2.88. The van der Waals surface area contributed by atoms with Gasteiger partial charge < -0.3 is 5.32 Å². The van der Waals surface area contributed by atoms with Crippen LogP contribution < -0.4 is 10.7 Å². The van der Waals surface area contributed by atoms with Crippen molar-refractivity contribution in [2.24, 2.45) is 0 Å². The Morgan fingerprint density at radius 1 is 1.33 bits per heavy atom. The molecule has 2 aliphatic heterocycles. The summed E-state index contributed by atoms with van der Waals surface area (Å²) in [7, 11) is 0. The molecule has 0 spiro atoms. The molecule has 21 heavy (non-hydrogen) atoms. The Labute approximate surface area is 125 Å². The first kappa shape index (κ1) is 15.8. The lowest BCUT2D eigenvalue weighted by Gasteiger charge is -2.31. The fourth-order valence-electron chi connectivity index (χ4n) is 2.82. The van der Waals surface area contributed by atoms with Crippen molar-refractivity contribution < 1.29 is 14.4 Å². The van der Waals surface area contributed by atoms with E-state index in [9.17, 15) is 14.4 Å². The van der Waals surface area contributed by atoms with E-state index >= 15 is 0 Å². The van der Waals surface area contributed by atoms with Crippen molar-refractivity contribution in [1.82, 2.24) is 20.7 Å². The van der Waals surface area contributed by atoms with Crippen LogP contribution in [0.3, 0.4) is 0 Å². The molecule has 0 aromatic carbocycles. The van der Waals surface area contributed by atoms with Crippen LogP contribution in [0.15, 0.2) is 0 Å². The number of amides is 4. The lowest BCUT2D eigenvalue weighted by atomic mass is 10.00. The maximum Gasteiger partial charge on any atom is 0.344 e. The number of hydrazine groups is 1. The Kier molecular flexibility index (Phi) is 3.97. The molecule has 2 heterocycles. The first-order valence-electron chi connectivity index (χ1n) is 7.41. The maximum atomic E-state index is 12.2. The molecule has 0 aromatic heterocycles. The summed E-state index contributed by atoms with van der Waals surface area (Å²) in [5.74, 6) is -0.752. The fraction of sp³-hybridized carbons (Fsp3) is 0.786. The van der Waals surface area contributed by atoms with E-state index in [2.05, 4.69) is 29.5 Å². The van der Waals surface area contributed by atoms with Crippen LogP contribution in [0, 0.1) is 0 Å². The summed E-state index contributed by atoms with van der Waals surface area (Å²) in [5, 5.41) is 3.40. The summed E-state index contributed by atoms with van der Waals surface area (Å²) in [4.78, 5) is 38.2. The van der Waals surface area contributed by atoms with Gasteiger partial charge in [0.15, 0.2) is 0 Å². The first-order valence-corrected chi connectivity index (χ1v) is 7.41. The van der Waals surface area contributed by atoms with Gasteiger partial charge in [0.25, 0.3) is 11.8 Å². The van der Waals surface area contributed by atoms with Crippen molar-refractivity contribution in [2.75, 3.05) is 13.1 Å². The summed E-state index contributed by atoms with van der Waals surface area (Å²) < 4.78 is 0. The molecular formula is C14H24N4O3. The molecule has 2 saturated heterocycles. The minimum atomic E-state index is -0.933. The fourth-order valence-corrected chi connectivity index (χ4v) is 2.82. The van der Waals surface area contributed by atoms with Gasteiger partial charge in [0.05, 0.1) is 6.54 Å². The van der Waals surface area contributed by atoms with E-state index in [1.807, 2.05) is 6.92 Å². The quantitative estimate of drug-likeness (QED) is 0.745. The number of rotatable bonds is 4. The van der Waals surface area contributed by atoms with Gasteiger partial charge in [-0.15, -0.1) is 0 Å². The van der Waals surface area contributed by atoms with Crippen molar-refractivity contribution in [3.05, 3.63) is 0 Å². The van der Waals surface area contributed by atoms with E-state index in [-0.39, 0.29) is 18.0 Å². The van der Waals surface area contributed by atoms with Crippen LogP contribution in [-0.4, -0.2) is 51.9 Å². The predicted octanol–water partition coefficient (Wildman–Crippen LogP) is 0.613. The zero-order chi connectivity index (χ0) is 15.8. The highest BCUT2D eigenvalue weighted by Crippen LogP contribution is 2.27. The average Bonchev–Trinajstić information content (AvgIpc) is 2.83. The predicted molar refractivity (Wildman–Crippen MR) is 77.1 cm³/mol. The molecule has 1 atom stereocenters. The summed E-state index contributed by atoms with van der Waals surface area (Å²) in [5.41, 5.74) is 1.47. The van der Waals surface area contributed by atoms with Crippen LogP contribution >= 0.6 is 0 Å². The smallest absolute Gasteiger partial charge is 0.322 e. The second-order valence-electron chi connectivity index (χ2n) is 6.63. The molecule has 2 aliphatic rings. The van der Waals surface area contributed by atoms with Gasteiger partial charge in [0.1, 0.15) is 5.54 Å². The Morgan fingerprint density at radius 2 is 2.00 bits per heavy atom. The van der Waals surface area contributed by atoms with Crippen LogP contribution in [0.4, 0.5) is 4.79 Å². The van der Waals surface area contributed by atoms with Crippen molar-refractivity contribution in [3.63, 3.8) is 0 Å². The number of imide groups is 1. The number of hydrogen-bond acceptors (Lipinski definition) is 4. The Morgan fingerprint density at radius 3 is 2.48 bits per heavy atom. The second-order valence-corrected chi connectivity index (χ2v) is 6.63. The summed E-state index contributed by atoms with van der Waals surface area (Å²) in [6, 6.07) is -0.571. The Balaban J connectivity index is 1.97. The summed E-state index contributed by atoms with van der Waals surface area (Å²) >= 11 is 0.